The third-order valence-corrected chi connectivity index (χ3v) is 5.16. The lowest BCUT2D eigenvalue weighted by Crippen LogP contribution is -2.31. The fourth-order valence-corrected chi connectivity index (χ4v) is 3.76. The molecule has 1 aliphatic carbocycles. The molecule has 0 aromatic heterocycles. The highest BCUT2D eigenvalue weighted by atomic mass is 32.2. The van der Waals surface area contributed by atoms with Crippen molar-refractivity contribution in [1.82, 2.24) is 0 Å². The number of esters is 2. The Labute approximate surface area is 157 Å². The Kier molecular flexibility index (Phi) is 8.12. The van der Waals surface area contributed by atoms with E-state index in [2.05, 4.69) is 15.6 Å². The van der Waals surface area contributed by atoms with Gasteiger partial charge in [0.1, 0.15) is 6.61 Å². The molecule has 1 unspecified atom stereocenters. The minimum Gasteiger partial charge on any atom is -0.457 e. The standard InChI is InChI=1S/C19H22N2O4S/c1-2-24-18(22)17(21-20)19(23)25-13-16(14-9-5-3-6-10-14)26-15-11-7-4-8-12-15/h4,7-9,11-12,16H,2-3,5-6,10,13H2,1H3. The van der Waals surface area contributed by atoms with Gasteiger partial charge in [-0.05, 0) is 44.7 Å². The van der Waals surface area contributed by atoms with E-state index in [1.807, 2.05) is 30.3 Å². The van der Waals surface area contributed by atoms with Crippen LogP contribution >= 0.6 is 11.8 Å². The minimum absolute atomic E-state index is 0.0520. The van der Waals surface area contributed by atoms with Gasteiger partial charge < -0.3 is 15.0 Å². The van der Waals surface area contributed by atoms with Gasteiger partial charge in [0.15, 0.2) is 0 Å². The highest BCUT2D eigenvalue weighted by Gasteiger charge is 2.34. The molecule has 7 heteroatoms. The van der Waals surface area contributed by atoms with Gasteiger partial charge >= 0.3 is 17.7 Å². The topological polar surface area (TPSA) is 89.0 Å². The summed E-state index contributed by atoms with van der Waals surface area (Å²) >= 11 is 1.61. The van der Waals surface area contributed by atoms with Gasteiger partial charge in [-0.15, -0.1) is 11.8 Å². The van der Waals surface area contributed by atoms with Gasteiger partial charge in [-0.1, -0.05) is 29.8 Å². The van der Waals surface area contributed by atoms with Crippen LogP contribution in [0.3, 0.4) is 0 Å². The average molecular weight is 374 g/mol. The number of thioether (sulfide) groups is 1. The fraction of sp³-hybridized carbons (Fsp3) is 0.421. The molecule has 0 amide bonds. The van der Waals surface area contributed by atoms with E-state index in [1.54, 1.807) is 18.7 Å². The summed E-state index contributed by atoms with van der Waals surface area (Å²) in [6.45, 7) is 1.76. The van der Waals surface area contributed by atoms with Crippen LogP contribution in [0.15, 0.2) is 46.9 Å². The van der Waals surface area contributed by atoms with E-state index in [1.165, 1.54) is 5.57 Å². The molecule has 0 N–H and O–H groups in total. The summed E-state index contributed by atoms with van der Waals surface area (Å²) in [5.41, 5.74) is 9.40. The van der Waals surface area contributed by atoms with Gasteiger partial charge in [0.2, 0.25) is 0 Å². The molecule has 0 saturated heterocycles. The molecular weight excluding hydrogens is 352 g/mol. The molecule has 1 aromatic carbocycles. The number of rotatable bonds is 8. The van der Waals surface area contributed by atoms with Crippen LogP contribution in [-0.4, -0.2) is 40.9 Å². The quantitative estimate of drug-likeness (QED) is 0.132. The summed E-state index contributed by atoms with van der Waals surface area (Å²) in [6, 6.07) is 9.86. The molecule has 6 nitrogen and oxygen atoms in total. The zero-order valence-corrected chi connectivity index (χ0v) is 15.5. The number of carbonyl (C=O) groups is 2. The first-order valence-electron chi connectivity index (χ1n) is 8.62. The van der Waals surface area contributed by atoms with Crippen LogP contribution in [0.5, 0.6) is 0 Å². The molecule has 0 spiro atoms. The van der Waals surface area contributed by atoms with Crippen molar-refractivity contribution >= 4 is 29.4 Å². The van der Waals surface area contributed by atoms with Crippen molar-refractivity contribution in [2.24, 2.45) is 0 Å². The lowest BCUT2D eigenvalue weighted by Gasteiger charge is -2.22. The third-order valence-electron chi connectivity index (χ3n) is 3.89. The van der Waals surface area contributed by atoms with Crippen molar-refractivity contribution in [2.75, 3.05) is 13.2 Å². The SMILES string of the molecule is CCOC(=O)C(=[N+]=[N-])C(=O)OCC(Sc1ccccc1)C1=CCCCC1. The summed E-state index contributed by atoms with van der Waals surface area (Å²) in [7, 11) is 0. The highest BCUT2D eigenvalue weighted by molar-refractivity contribution is 8.00. The second-order valence-corrected chi connectivity index (χ2v) is 6.99. The lowest BCUT2D eigenvalue weighted by atomic mass is 9.97. The van der Waals surface area contributed by atoms with E-state index in [-0.39, 0.29) is 18.5 Å². The van der Waals surface area contributed by atoms with E-state index in [0.29, 0.717) is 0 Å². The summed E-state index contributed by atoms with van der Waals surface area (Å²) in [5, 5.41) is -0.0520. The van der Waals surface area contributed by atoms with Crippen LogP contribution in [0, 0.1) is 0 Å². The first kappa shape index (κ1) is 19.9. The molecule has 2 rings (SSSR count). The maximum atomic E-state index is 12.1. The summed E-state index contributed by atoms with van der Waals surface area (Å²) in [4.78, 5) is 27.5. The molecule has 0 saturated carbocycles. The number of hydrogen-bond donors (Lipinski definition) is 0. The highest BCUT2D eigenvalue weighted by Crippen LogP contribution is 2.33. The molecule has 0 heterocycles. The van der Waals surface area contributed by atoms with Crippen LogP contribution in [0.4, 0.5) is 0 Å². The smallest absolute Gasteiger partial charge is 0.457 e. The maximum Gasteiger partial charge on any atom is 0.482 e. The van der Waals surface area contributed by atoms with Crippen molar-refractivity contribution < 1.29 is 23.9 Å². The van der Waals surface area contributed by atoms with Crippen molar-refractivity contribution in [3.05, 3.63) is 47.5 Å². The largest absolute Gasteiger partial charge is 0.482 e. The van der Waals surface area contributed by atoms with Crippen LogP contribution in [0.25, 0.3) is 5.53 Å². The number of ether oxygens (including phenoxy) is 2. The molecule has 26 heavy (non-hydrogen) atoms. The van der Waals surface area contributed by atoms with Gasteiger partial charge in [0, 0.05) is 4.90 Å². The van der Waals surface area contributed by atoms with Crippen LogP contribution < -0.4 is 0 Å². The number of benzene rings is 1. The predicted molar refractivity (Wildman–Crippen MR) is 98.9 cm³/mol. The minimum atomic E-state index is -0.996. The fourth-order valence-electron chi connectivity index (χ4n) is 2.62. The van der Waals surface area contributed by atoms with Gasteiger partial charge in [-0.3, -0.25) is 0 Å². The number of allylic oxidation sites excluding steroid dienone is 1. The van der Waals surface area contributed by atoms with Crippen LogP contribution in [-0.2, 0) is 19.1 Å². The second kappa shape index (κ2) is 10.6. The Hall–Kier alpha value is -2.37. The molecule has 0 radical (unpaired) electrons. The van der Waals surface area contributed by atoms with Gasteiger partial charge in [-0.2, -0.15) is 4.79 Å². The summed E-state index contributed by atoms with van der Waals surface area (Å²) < 4.78 is 9.95. The first-order valence-corrected chi connectivity index (χ1v) is 9.50. The Morgan fingerprint density at radius 2 is 1.92 bits per heavy atom. The number of hydrogen-bond acceptors (Lipinski definition) is 5. The van der Waals surface area contributed by atoms with Crippen LogP contribution in [0.1, 0.15) is 32.6 Å². The van der Waals surface area contributed by atoms with Crippen molar-refractivity contribution in [2.45, 2.75) is 42.8 Å². The molecule has 0 fully saturated rings. The third kappa shape index (κ3) is 5.86. The molecule has 1 atom stereocenters. The molecule has 1 aliphatic rings. The van der Waals surface area contributed by atoms with Gasteiger partial charge in [-0.25, -0.2) is 9.59 Å². The maximum absolute atomic E-state index is 12.1. The van der Waals surface area contributed by atoms with Crippen LogP contribution in [0.2, 0.25) is 0 Å². The second-order valence-electron chi connectivity index (χ2n) is 5.71. The summed E-state index contributed by atoms with van der Waals surface area (Å²) in [5.74, 6) is -1.98. The first-order chi connectivity index (χ1) is 12.7. The molecule has 0 bridgehead atoms. The predicted octanol–water partition coefficient (Wildman–Crippen LogP) is 3.42. The van der Waals surface area contributed by atoms with Crippen molar-refractivity contribution in [1.29, 1.82) is 0 Å². The van der Waals surface area contributed by atoms with Gasteiger partial charge in [0.25, 0.3) is 0 Å². The summed E-state index contributed by atoms with van der Waals surface area (Å²) in [6.07, 6.45) is 6.44. The van der Waals surface area contributed by atoms with Gasteiger partial charge in [0.05, 0.1) is 11.9 Å². The average Bonchev–Trinajstić information content (AvgIpc) is 2.67. The Morgan fingerprint density at radius 1 is 1.19 bits per heavy atom. The Balaban J connectivity index is 2.06. The van der Waals surface area contributed by atoms with E-state index < -0.39 is 17.7 Å². The zero-order chi connectivity index (χ0) is 18.8. The molecule has 138 valence electrons. The number of nitrogens with zero attached hydrogens (tertiary/aromatic N) is 2. The normalized spacial score (nSPS) is 14.6. The molecule has 1 aromatic rings. The lowest BCUT2D eigenvalue weighted by molar-refractivity contribution is -0.148. The number of carbonyl (C=O) groups excluding carboxylic acids is 2. The van der Waals surface area contributed by atoms with Crippen molar-refractivity contribution in [3.63, 3.8) is 0 Å². The van der Waals surface area contributed by atoms with E-state index in [9.17, 15) is 9.59 Å². The molecular formula is C19H22N2O4S. The Morgan fingerprint density at radius 3 is 2.54 bits per heavy atom. The van der Waals surface area contributed by atoms with E-state index >= 15 is 0 Å². The monoisotopic (exact) mass is 374 g/mol. The zero-order valence-electron chi connectivity index (χ0n) is 14.7. The van der Waals surface area contributed by atoms with E-state index in [4.69, 9.17) is 10.3 Å². The molecule has 0 aliphatic heterocycles. The Bertz CT molecular complexity index is 712. The van der Waals surface area contributed by atoms with Crippen molar-refractivity contribution in [3.8, 4) is 0 Å². The van der Waals surface area contributed by atoms with E-state index in [0.717, 1.165) is 30.6 Å².